The summed E-state index contributed by atoms with van der Waals surface area (Å²) in [6, 6.07) is 42.2. The summed E-state index contributed by atoms with van der Waals surface area (Å²) in [5.41, 5.74) is 12.3. The molecule has 0 aliphatic heterocycles. The van der Waals surface area contributed by atoms with Gasteiger partial charge in [0.2, 0.25) is 0 Å². The van der Waals surface area contributed by atoms with Crippen molar-refractivity contribution in [2.24, 2.45) is 0 Å². The highest BCUT2D eigenvalue weighted by Gasteiger charge is 2.23. The van der Waals surface area contributed by atoms with E-state index in [1.807, 2.05) is 30.6 Å². The van der Waals surface area contributed by atoms with Crippen molar-refractivity contribution in [2.75, 3.05) is 0 Å². The summed E-state index contributed by atoms with van der Waals surface area (Å²) in [4.78, 5) is 8.85. The van der Waals surface area contributed by atoms with Crippen LogP contribution in [-0.4, -0.2) is 29.3 Å². The molecule has 0 bridgehead atoms. The van der Waals surface area contributed by atoms with Gasteiger partial charge >= 0.3 is 0 Å². The standard InChI is InChI=1S/C38H24N6/c1-2-12-29(13-3-1)43-33-16-6-4-14-31(33)35-37(43)38-36(42-41-35)32-15-5-7-17-34(32)44(38)30-21-27(25-10-8-18-39-23-25)20-28(22-30)26-11-9-19-40-24-26/h1-24H. The maximum absolute atomic E-state index is 4.90. The van der Waals surface area contributed by atoms with Gasteiger partial charge in [-0.1, -0.05) is 66.7 Å². The van der Waals surface area contributed by atoms with E-state index in [1.165, 1.54) is 0 Å². The van der Waals surface area contributed by atoms with Gasteiger partial charge in [-0.05, 0) is 65.7 Å². The smallest absolute Gasteiger partial charge is 0.121 e. The van der Waals surface area contributed by atoms with Crippen molar-refractivity contribution in [3.8, 4) is 33.6 Å². The van der Waals surface area contributed by atoms with Gasteiger partial charge in [-0.3, -0.25) is 9.97 Å². The van der Waals surface area contributed by atoms with Gasteiger partial charge in [0.05, 0.1) is 11.0 Å². The first-order valence-corrected chi connectivity index (χ1v) is 14.6. The molecular weight excluding hydrogens is 540 g/mol. The van der Waals surface area contributed by atoms with Crippen molar-refractivity contribution in [3.05, 3.63) is 146 Å². The minimum absolute atomic E-state index is 0.864. The Hall–Kier alpha value is -6.14. The molecule has 9 aromatic rings. The molecule has 0 saturated carbocycles. The SMILES string of the molecule is c1ccc(-n2c3ccccc3c3nnc4c5ccccc5n(-c5cc(-c6cccnc6)cc(-c6cccnc6)c5)c4c32)cc1. The molecule has 0 atom stereocenters. The van der Waals surface area contributed by atoms with Gasteiger partial charge in [-0.2, -0.15) is 0 Å². The molecule has 0 radical (unpaired) electrons. The average molecular weight is 565 g/mol. The predicted molar refractivity (Wildman–Crippen MR) is 177 cm³/mol. The van der Waals surface area contributed by atoms with Crippen LogP contribution in [0, 0.1) is 0 Å². The highest BCUT2D eigenvalue weighted by molar-refractivity contribution is 6.20. The van der Waals surface area contributed by atoms with Crippen LogP contribution in [0.5, 0.6) is 0 Å². The zero-order chi connectivity index (χ0) is 29.0. The summed E-state index contributed by atoms with van der Waals surface area (Å²) in [5.74, 6) is 0. The molecular formula is C38H24N6. The lowest BCUT2D eigenvalue weighted by molar-refractivity contribution is 1.10. The van der Waals surface area contributed by atoms with E-state index in [9.17, 15) is 0 Å². The van der Waals surface area contributed by atoms with Crippen molar-refractivity contribution in [1.82, 2.24) is 29.3 Å². The molecule has 6 heteroatoms. The Bertz CT molecular complexity index is 2420. The third-order valence-corrected chi connectivity index (χ3v) is 8.35. The van der Waals surface area contributed by atoms with E-state index in [0.717, 1.165) is 77.5 Å². The van der Waals surface area contributed by atoms with Crippen LogP contribution < -0.4 is 0 Å². The van der Waals surface area contributed by atoms with Crippen LogP contribution >= 0.6 is 0 Å². The summed E-state index contributed by atoms with van der Waals surface area (Å²) in [6.07, 6.45) is 7.43. The molecule has 0 N–H and O–H groups in total. The Morgan fingerprint density at radius 1 is 0.409 bits per heavy atom. The normalized spacial score (nSPS) is 11.6. The van der Waals surface area contributed by atoms with Gasteiger partial charge in [0.1, 0.15) is 22.1 Å². The number of rotatable bonds is 4. The molecule has 0 aliphatic rings. The molecule has 0 unspecified atom stereocenters. The Balaban J connectivity index is 1.48. The minimum Gasteiger partial charge on any atom is -0.306 e. The second-order valence-electron chi connectivity index (χ2n) is 10.9. The second kappa shape index (κ2) is 9.71. The van der Waals surface area contributed by atoms with Gasteiger partial charge in [0.15, 0.2) is 0 Å². The van der Waals surface area contributed by atoms with Crippen LogP contribution in [0.3, 0.4) is 0 Å². The molecule has 5 heterocycles. The Morgan fingerprint density at radius 3 is 1.43 bits per heavy atom. The number of fused-ring (bicyclic) bond motifs is 7. The predicted octanol–water partition coefficient (Wildman–Crippen LogP) is 8.79. The maximum atomic E-state index is 4.90. The summed E-state index contributed by atoms with van der Waals surface area (Å²) in [6.45, 7) is 0. The third kappa shape index (κ3) is 3.68. The summed E-state index contributed by atoms with van der Waals surface area (Å²) < 4.78 is 4.67. The topological polar surface area (TPSA) is 61.4 Å². The molecule has 4 aromatic carbocycles. The minimum atomic E-state index is 0.864. The average Bonchev–Trinajstić information content (AvgIpc) is 3.62. The largest absolute Gasteiger partial charge is 0.306 e. The lowest BCUT2D eigenvalue weighted by Crippen LogP contribution is -2.00. The van der Waals surface area contributed by atoms with Gasteiger partial charge in [0.25, 0.3) is 0 Å². The van der Waals surface area contributed by atoms with E-state index in [2.05, 4.69) is 122 Å². The van der Waals surface area contributed by atoms with Gasteiger partial charge < -0.3 is 9.13 Å². The van der Waals surface area contributed by atoms with Crippen LogP contribution in [0.2, 0.25) is 0 Å². The number of hydrogen-bond acceptors (Lipinski definition) is 4. The number of para-hydroxylation sites is 3. The van der Waals surface area contributed by atoms with Crippen molar-refractivity contribution in [2.45, 2.75) is 0 Å². The van der Waals surface area contributed by atoms with E-state index in [4.69, 9.17) is 10.2 Å². The molecule has 0 fully saturated rings. The fourth-order valence-corrected chi connectivity index (χ4v) is 6.44. The Kier molecular flexibility index (Phi) is 5.40. The van der Waals surface area contributed by atoms with Crippen molar-refractivity contribution < 1.29 is 0 Å². The van der Waals surface area contributed by atoms with Crippen molar-refractivity contribution in [3.63, 3.8) is 0 Å². The summed E-state index contributed by atoms with van der Waals surface area (Å²) >= 11 is 0. The Morgan fingerprint density at radius 2 is 0.909 bits per heavy atom. The van der Waals surface area contributed by atoms with Crippen LogP contribution in [0.1, 0.15) is 0 Å². The zero-order valence-corrected chi connectivity index (χ0v) is 23.5. The highest BCUT2D eigenvalue weighted by Crippen LogP contribution is 2.40. The number of nitrogens with zero attached hydrogens (tertiary/aromatic N) is 6. The molecule has 0 spiro atoms. The van der Waals surface area contributed by atoms with E-state index in [1.54, 1.807) is 12.4 Å². The van der Waals surface area contributed by atoms with E-state index < -0.39 is 0 Å². The van der Waals surface area contributed by atoms with Crippen LogP contribution in [-0.2, 0) is 0 Å². The lowest BCUT2D eigenvalue weighted by atomic mass is 9.99. The molecule has 0 amide bonds. The Labute approximate surface area is 252 Å². The fraction of sp³-hybridized carbons (Fsp3) is 0. The number of benzene rings is 4. The van der Waals surface area contributed by atoms with E-state index in [-0.39, 0.29) is 0 Å². The van der Waals surface area contributed by atoms with Crippen molar-refractivity contribution >= 4 is 43.9 Å². The van der Waals surface area contributed by atoms with Crippen LogP contribution in [0.4, 0.5) is 0 Å². The maximum Gasteiger partial charge on any atom is 0.121 e. The van der Waals surface area contributed by atoms with E-state index in [0.29, 0.717) is 0 Å². The van der Waals surface area contributed by atoms with E-state index >= 15 is 0 Å². The lowest BCUT2D eigenvalue weighted by Gasteiger charge is -2.15. The first kappa shape index (κ1) is 24.5. The van der Waals surface area contributed by atoms with Crippen LogP contribution in [0.25, 0.3) is 77.5 Å². The third-order valence-electron chi connectivity index (χ3n) is 8.35. The number of aromatic nitrogens is 6. The molecule has 9 rings (SSSR count). The quantitative estimate of drug-likeness (QED) is 0.214. The summed E-state index contributed by atoms with van der Waals surface area (Å²) in [5, 5.41) is 11.9. The molecule has 0 aliphatic carbocycles. The summed E-state index contributed by atoms with van der Waals surface area (Å²) in [7, 11) is 0. The van der Waals surface area contributed by atoms with Gasteiger partial charge in [-0.25, -0.2) is 0 Å². The molecule has 5 aromatic heterocycles. The monoisotopic (exact) mass is 564 g/mol. The first-order chi connectivity index (χ1) is 21.8. The molecule has 6 nitrogen and oxygen atoms in total. The van der Waals surface area contributed by atoms with Gasteiger partial charge in [0, 0.05) is 58.1 Å². The second-order valence-corrected chi connectivity index (χ2v) is 10.9. The fourth-order valence-electron chi connectivity index (χ4n) is 6.44. The molecule has 44 heavy (non-hydrogen) atoms. The number of pyridine rings is 2. The molecule has 206 valence electrons. The first-order valence-electron chi connectivity index (χ1n) is 14.6. The van der Waals surface area contributed by atoms with Crippen molar-refractivity contribution in [1.29, 1.82) is 0 Å². The number of hydrogen-bond donors (Lipinski definition) is 0. The van der Waals surface area contributed by atoms with Gasteiger partial charge in [-0.15, -0.1) is 10.2 Å². The van der Waals surface area contributed by atoms with Crippen LogP contribution in [0.15, 0.2) is 146 Å². The zero-order valence-electron chi connectivity index (χ0n) is 23.5. The highest BCUT2D eigenvalue weighted by atomic mass is 15.2. The molecule has 0 saturated heterocycles.